The van der Waals surface area contributed by atoms with Crippen LogP contribution in [0.5, 0.6) is 0 Å². The van der Waals surface area contributed by atoms with Crippen molar-refractivity contribution in [3.63, 3.8) is 0 Å². The highest BCUT2D eigenvalue weighted by Gasteiger charge is 2.30. The molecule has 0 aliphatic carbocycles. The molecule has 0 aromatic heterocycles. The average molecular weight is 315 g/mol. The maximum Gasteiger partial charge on any atom is 0.292 e. The predicted octanol–water partition coefficient (Wildman–Crippen LogP) is 1.05. The highest BCUT2D eigenvalue weighted by atomic mass is 32.2. The van der Waals surface area contributed by atoms with Gasteiger partial charge >= 0.3 is 0 Å². The van der Waals surface area contributed by atoms with E-state index in [1.165, 1.54) is 29.6 Å². The van der Waals surface area contributed by atoms with E-state index < -0.39 is 14.9 Å². The summed E-state index contributed by atoms with van der Waals surface area (Å²) in [7, 11) is -2.17. The van der Waals surface area contributed by atoms with Crippen molar-refractivity contribution in [3.05, 3.63) is 28.3 Å². The summed E-state index contributed by atoms with van der Waals surface area (Å²) >= 11 is 0. The van der Waals surface area contributed by atoms with Crippen molar-refractivity contribution in [2.24, 2.45) is 0 Å². The third-order valence-corrected chi connectivity index (χ3v) is 5.14. The summed E-state index contributed by atoms with van der Waals surface area (Å²) in [5, 5.41) is 13.5. The SMILES string of the molecule is CNc1cc(S(=O)(=O)N2CCOC(C)C2)ccc1[N+](=O)[O-]. The van der Waals surface area contributed by atoms with Crippen LogP contribution in [0, 0.1) is 10.1 Å². The van der Waals surface area contributed by atoms with Gasteiger partial charge in [-0.2, -0.15) is 4.31 Å². The first kappa shape index (κ1) is 15.7. The zero-order chi connectivity index (χ0) is 15.6. The topological polar surface area (TPSA) is 102 Å². The van der Waals surface area contributed by atoms with Crippen molar-refractivity contribution in [2.45, 2.75) is 17.9 Å². The Morgan fingerprint density at radius 2 is 2.19 bits per heavy atom. The molecule has 1 unspecified atom stereocenters. The van der Waals surface area contributed by atoms with Gasteiger partial charge in [0.15, 0.2) is 0 Å². The third-order valence-electron chi connectivity index (χ3n) is 3.28. The summed E-state index contributed by atoms with van der Waals surface area (Å²) < 4.78 is 31.8. The minimum absolute atomic E-state index is 0.0338. The maximum atomic E-state index is 12.6. The Kier molecular flexibility index (Phi) is 4.45. The van der Waals surface area contributed by atoms with E-state index in [2.05, 4.69) is 5.32 Å². The lowest BCUT2D eigenvalue weighted by Gasteiger charge is -2.30. The monoisotopic (exact) mass is 315 g/mol. The smallest absolute Gasteiger partial charge is 0.292 e. The summed E-state index contributed by atoms with van der Waals surface area (Å²) in [6.07, 6.45) is -0.171. The molecule has 0 spiro atoms. The van der Waals surface area contributed by atoms with Crippen LogP contribution >= 0.6 is 0 Å². The van der Waals surface area contributed by atoms with Crippen LogP contribution in [0.1, 0.15) is 6.92 Å². The zero-order valence-electron chi connectivity index (χ0n) is 11.8. The number of rotatable bonds is 4. The standard InChI is InChI=1S/C12H17N3O5S/c1-9-8-14(5-6-20-9)21(18,19)10-3-4-12(15(16)17)11(7-10)13-2/h3-4,7,9,13H,5-6,8H2,1-2H3. The molecular formula is C12H17N3O5S. The molecule has 1 aromatic rings. The molecule has 2 rings (SSSR count). The van der Waals surface area contributed by atoms with E-state index in [0.29, 0.717) is 6.61 Å². The number of hydrogen-bond donors (Lipinski definition) is 1. The molecule has 9 heteroatoms. The fourth-order valence-electron chi connectivity index (χ4n) is 2.19. The van der Waals surface area contributed by atoms with Gasteiger partial charge in [-0.1, -0.05) is 0 Å². The average Bonchev–Trinajstić information content (AvgIpc) is 2.46. The molecule has 116 valence electrons. The predicted molar refractivity (Wildman–Crippen MR) is 76.8 cm³/mol. The molecule has 0 saturated carbocycles. The minimum Gasteiger partial charge on any atom is -0.383 e. The van der Waals surface area contributed by atoms with Gasteiger partial charge in [-0.05, 0) is 19.1 Å². The molecule has 1 aliphatic rings. The van der Waals surface area contributed by atoms with E-state index in [1.54, 1.807) is 6.92 Å². The highest BCUT2D eigenvalue weighted by Crippen LogP contribution is 2.28. The number of morpholine rings is 1. The fraction of sp³-hybridized carbons (Fsp3) is 0.500. The molecule has 1 fully saturated rings. The summed E-state index contributed by atoms with van der Waals surface area (Å²) in [5.74, 6) is 0. The largest absolute Gasteiger partial charge is 0.383 e. The van der Waals surface area contributed by atoms with Gasteiger partial charge in [-0.3, -0.25) is 10.1 Å². The van der Waals surface area contributed by atoms with Crippen LogP contribution in [0.3, 0.4) is 0 Å². The number of benzene rings is 1. The van der Waals surface area contributed by atoms with Gasteiger partial charge in [0.1, 0.15) is 5.69 Å². The summed E-state index contributed by atoms with van der Waals surface area (Å²) in [6.45, 7) is 2.69. The van der Waals surface area contributed by atoms with Crippen molar-refractivity contribution in [1.82, 2.24) is 4.31 Å². The number of sulfonamides is 1. The van der Waals surface area contributed by atoms with E-state index in [9.17, 15) is 18.5 Å². The van der Waals surface area contributed by atoms with Gasteiger partial charge in [0, 0.05) is 26.2 Å². The Balaban J connectivity index is 2.38. The second-order valence-corrected chi connectivity index (χ2v) is 6.67. The van der Waals surface area contributed by atoms with Gasteiger partial charge in [-0.25, -0.2) is 8.42 Å². The third kappa shape index (κ3) is 3.14. The van der Waals surface area contributed by atoms with Gasteiger partial charge in [0.05, 0.1) is 22.5 Å². The highest BCUT2D eigenvalue weighted by molar-refractivity contribution is 7.89. The van der Waals surface area contributed by atoms with E-state index in [4.69, 9.17) is 4.74 Å². The second-order valence-electron chi connectivity index (χ2n) is 4.73. The first-order valence-corrected chi connectivity index (χ1v) is 7.88. The molecule has 1 saturated heterocycles. The van der Waals surface area contributed by atoms with Crippen molar-refractivity contribution in [3.8, 4) is 0 Å². The fourth-order valence-corrected chi connectivity index (χ4v) is 3.71. The Morgan fingerprint density at radius 1 is 1.48 bits per heavy atom. The second kappa shape index (κ2) is 5.96. The summed E-state index contributed by atoms with van der Waals surface area (Å²) in [5.41, 5.74) is 0.00850. The molecule has 1 aliphatic heterocycles. The minimum atomic E-state index is -3.68. The van der Waals surface area contributed by atoms with Crippen molar-refractivity contribution in [1.29, 1.82) is 0 Å². The van der Waals surface area contributed by atoms with Gasteiger partial charge < -0.3 is 10.1 Å². The van der Waals surface area contributed by atoms with Crippen LogP contribution in [-0.4, -0.2) is 50.5 Å². The lowest BCUT2D eigenvalue weighted by Crippen LogP contribution is -2.44. The molecule has 21 heavy (non-hydrogen) atoms. The normalized spacial score (nSPS) is 20.2. The number of anilines is 1. The van der Waals surface area contributed by atoms with Gasteiger partial charge in [-0.15, -0.1) is 0 Å². The quantitative estimate of drug-likeness (QED) is 0.658. The van der Waals surface area contributed by atoms with Crippen molar-refractivity contribution >= 4 is 21.4 Å². The lowest BCUT2D eigenvalue weighted by atomic mass is 10.3. The Labute approximate surface area is 122 Å². The molecule has 1 atom stereocenters. The van der Waals surface area contributed by atoms with Crippen LogP contribution < -0.4 is 5.32 Å². The molecule has 1 aromatic carbocycles. The van der Waals surface area contributed by atoms with Gasteiger partial charge in [0.25, 0.3) is 5.69 Å². The molecule has 0 bridgehead atoms. The first-order valence-electron chi connectivity index (χ1n) is 6.44. The number of nitro benzene ring substituents is 1. The number of nitrogens with zero attached hydrogens (tertiary/aromatic N) is 2. The number of hydrogen-bond acceptors (Lipinski definition) is 6. The van der Waals surface area contributed by atoms with Crippen LogP contribution in [0.2, 0.25) is 0 Å². The van der Waals surface area contributed by atoms with Crippen LogP contribution in [-0.2, 0) is 14.8 Å². The molecule has 8 nitrogen and oxygen atoms in total. The number of nitrogens with one attached hydrogen (secondary N) is 1. The molecule has 0 radical (unpaired) electrons. The Hall–Kier alpha value is -1.71. The molecule has 1 heterocycles. The zero-order valence-corrected chi connectivity index (χ0v) is 12.6. The Morgan fingerprint density at radius 3 is 2.76 bits per heavy atom. The summed E-state index contributed by atoms with van der Waals surface area (Å²) in [4.78, 5) is 10.4. The van der Waals surface area contributed by atoms with E-state index in [0.717, 1.165) is 0 Å². The lowest BCUT2D eigenvalue weighted by molar-refractivity contribution is -0.384. The maximum absolute atomic E-state index is 12.6. The van der Waals surface area contributed by atoms with Crippen LogP contribution in [0.25, 0.3) is 0 Å². The van der Waals surface area contributed by atoms with Crippen molar-refractivity contribution < 1.29 is 18.1 Å². The van der Waals surface area contributed by atoms with Crippen LogP contribution in [0.15, 0.2) is 23.1 Å². The van der Waals surface area contributed by atoms with Gasteiger partial charge in [0.2, 0.25) is 10.0 Å². The first-order chi connectivity index (χ1) is 9.86. The molecule has 1 N–H and O–H groups in total. The van der Waals surface area contributed by atoms with Crippen molar-refractivity contribution in [2.75, 3.05) is 32.1 Å². The van der Waals surface area contributed by atoms with E-state index in [-0.39, 0.29) is 35.5 Å². The Bertz CT molecular complexity index is 646. The van der Waals surface area contributed by atoms with E-state index >= 15 is 0 Å². The number of ether oxygens (including phenoxy) is 1. The number of nitro groups is 1. The summed E-state index contributed by atoms with van der Waals surface area (Å²) in [6, 6.07) is 3.74. The van der Waals surface area contributed by atoms with Crippen LogP contribution in [0.4, 0.5) is 11.4 Å². The van der Waals surface area contributed by atoms with E-state index in [1.807, 2.05) is 0 Å². The molecule has 0 amide bonds. The molecular weight excluding hydrogens is 298 g/mol.